The normalized spacial score (nSPS) is 20.5. The molecule has 0 unspecified atom stereocenters. The van der Waals surface area contributed by atoms with Crippen molar-refractivity contribution in [3.63, 3.8) is 0 Å². The largest absolute Gasteiger partial charge is 0.312 e. The lowest BCUT2D eigenvalue weighted by Gasteiger charge is -2.10. The van der Waals surface area contributed by atoms with Crippen molar-refractivity contribution in [3.8, 4) is 0 Å². The molecule has 0 aromatic rings. The number of rotatable bonds is 1. The molecule has 0 atom stereocenters. The van der Waals surface area contributed by atoms with Crippen molar-refractivity contribution in [1.82, 2.24) is 10.7 Å². The number of hydrogen-bond acceptors (Lipinski definition) is 4. The lowest BCUT2D eigenvalue weighted by Crippen LogP contribution is -2.40. The Labute approximate surface area is 69.5 Å². The third kappa shape index (κ3) is 1.50. The first-order valence-electron chi connectivity index (χ1n) is 3.43. The summed E-state index contributed by atoms with van der Waals surface area (Å²) in [6.07, 6.45) is 1.33. The van der Waals surface area contributed by atoms with Crippen molar-refractivity contribution in [2.75, 3.05) is 7.05 Å². The highest BCUT2D eigenvalue weighted by Gasteiger charge is 2.21. The van der Waals surface area contributed by atoms with E-state index in [0.29, 0.717) is 5.57 Å². The zero-order valence-electron chi connectivity index (χ0n) is 6.84. The van der Waals surface area contributed by atoms with Gasteiger partial charge in [-0.2, -0.15) is 5.10 Å². The molecule has 0 aliphatic carbocycles. The monoisotopic (exact) mass is 167 g/mol. The minimum Gasteiger partial charge on any atom is -0.312 e. The molecular formula is C7H9N3O2. The van der Waals surface area contributed by atoms with Crippen LogP contribution in [0.4, 0.5) is 0 Å². The summed E-state index contributed by atoms with van der Waals surface area (Å²) in [4.78, 5) is 21.8. The molecule has 2 N–H and O–H groups in total. The van der Waals surface area contributed by atoms with E-state index in [1.807, 2.05) is 0 Å². The molecule has 1 aliphatic heterocycles. The van der Waals surface area contributed by atoms with Crippen LogP contribution < -0.4 is 10.7 Å². The summed E-state index contributed by atoms with van der Waals surface area (Å²) < 4.78 is 0. The molecule has 0 saturated carbocycles. The quantitative estimate of drug-likeness (QED) is 0.395. The van der Waals surface area contributed by atoms with Crippen molar-refractivity contribution >= 4 is 17.5 Å². The predicted octanol–water partition coefficient (Wildman–Crippen LogP) is -0.836. The van der Waals surface area contributed by atoms with E-state index >= 15 is 0 Å². The van der Waals surface area contributed by atoms with E-state index in [2.05, 4.69) is 15.8 Å². The summed E-state index contributed by atoms with van der Waals surface area (Å²) in [6, 6.07) is 0. The minimum absolute atomic E-state index is 0.247. The minimum atomic E-state index is -0.464. The van der Waals surface area contributed by atoms with Crippen LogP contribution in [0, 0.1) is 0 Å². The molecule has 1 heterocycles. The molecule has 64 valence electrons. The van der Waals surface area contributed by atoms with Crippen LogP contribution in [0.3, 0.4) is 0 Å². The molecule has 5 heteroatoms. The average molecular weight is 167 g/mol. The number of hydrogen-bond donors (Lipinski definition) is 2. The van der Waals surface area contributed by atoms with Crippen molar-refractivity contribution in [2.24, 2.45) is 5.10 Å². The fraction of sp³-hybridized carbons (Fsp3) is 0.286. The van der Waals surface area contributed by atoms with Gasteiger partial charge in [0, 0.05) is 13.1 Å². The number of nitrogens with zero attached hydrogens (tertiary/aromatic N) is 1. The second-order valence-corrected chi connectivity index (χ2v) is 2.33. The van der Waals surface area contributed by atoms with Crippen LogP contribution in [0.5, 0.6) is 0 Å². The Hall–Kier alpha value is -1.65. The average Bonchev–Trinajstić information content (AvgIpc) is 1.96. The van der Waals surface area contributed by atoms with E-state index in [0.717, 1.165) is 0 Å². The van der Waals surface area contributed by atoms with Crippen LogP contribution in [0.15, 0.2) is 16.8 Å². The maximum absolute atomic E-state index is 11.1. The van der Waals surface area contributed by atoms with Gasteiger partial charge in [-0.05, 0) is 12.5 Å². The van der Waals surface area contributed by atoms with Gasteiger partial charge in [-0.1, -0.05) is 0 Å². The lowest BCUT2D eigenvalue weighted by atomic mass is 10.1. The summed E-state index contributed by atoms with van der Waals surface area (Å²) in [5.74, 6) is -0.859. The molecule has 12 heavy (non-hydrogen) atoms. The first kappa shape index (κ1) is 8.45. The first-order valence-corrected chi connectivity index (χ1v) is 3.43. The summed E-state index contributed by atoms with van der Waals surface area (Å²) in [5.41, 5.74) is 3.30. The Morgan fingerprint density at radius 3 is 2.67 bits per heavy atom. The molecular weight excluding hydrogens is 158 g/mol. The van der Waals surface area contributed by atoms with Gasteiger partial charge < -0.3 is 5.43 Å². The van der Waals surface area contributed by atoms with Gasteiger partial charge in [0.1, 0.15) is 0 Å². The standard InChI is InChI=1S/C7H9N3O2/c1-4-3-5(11)9-7(12)6(4)10-8-2/h3,8H,1-2H3,(H,9,11,12)/b10-6-. The van der Waals surface area contributed by atoms with E-state index in [4.69, 9.17) is 0 Å². The van der Waals surface area contributed by atoms with E-state index < -0.39 is 11.8 Å². The number of hydrazone groups is 1. The third-order valence-corrected chi connectivity index (χ3v) is 1.40. The maximum Gasteiger partial charge on any atom is 0.278 e. The zero-order chi connectivity index (χ0) is 9.14. The highest BCUT2D eigenvalue weighted by atomic mass is 16.2. The topological polar surface area (TPSA) is 70.6 Å². The lowest BCUT2D eigenvalue weighted by molar-refractivity contribution is -0.124. The van der Waals surface area contributed by atoms with Crippen LogP contribution in [-0.4, -0.2) is 24.6 Å². The van der Waals surface area contributed by atoms with Crippen molar-refractivity contribution in [2.45, 2.75) is 6.92 Å². The maximum atomic E-state index is 11.1. The van der Waals surface area contributed by atoms with Crippen LogP contribution in [0.25, 0.3) is 0 Å². The van der Waals surface area contributed by atoms with E-state index in [9.17, 15) is 9.59 Å². The molecule has 0 bridgehead atoms. The molecule has 0 saturated heterocycles. The fourth-order valence-corrected chi connectivity index (χ4v) is 0.902. The highest BCUT2D eigenvalue weighted by Crippen LogP contribution is 2.01. The van der Waals surface area contributed by atoms with Gasteiger partial charge in [-0.3, -0.25) is 14.9 Å². The number of amides is 2. The molecule has 1 aliphatic rings. The molecule has 2 amide bonds. The summed E-state index contributed by atoms with van der Waals surface area (Å²) in [6.45, 7) is 1.66. The molecule has 0 fully saturated rings. The molecule has 1 rings (SSSR count). The van der Waals surface area contributed by atoms with Gasteiger partial charge in [-0.25, -0.2) is 0 Å². The molecule has 0 spiro atoms. The van der Waals surface area contributed by atoms with Crippen LogP contribution >= 0.6 is 0 Å². The van der Waals surface area contributed by atoms with Crippen molar-refractivity contribution in [3.05, 3.63) is 11.6 Å². The van der Waals surface area contributed by atoms with E-state index in [-0.39, 0.29) is 5.71 Å². The smallest absolute Gasteiger partial charge is 0.278 e. The number of carbonyl (C=O) groups is 2. The van der Waals surface area contributed by atoms with Gasteiger partial charge in [-0.15, -0.1) is 0 Å². The van der Waals surface area contributed by atoms with Gasteiger partial charge in [0.05, 0.1) is 0 Å². The molecule has 0 aromatic heterocycles. The van der Waals surface area contributed by atoms with Gasteiger partial charge in [0.15, 0.2) is 5.71 Å². The molecule has 0 radical (unpaired) electrons. The van der Waals surface area contributed by atoms with Gasteiger partial charge in [0.2, 0.25) is 0 Å². The highest BCUT2D eigenvalue weighted by molar-refractivity contribution is 6.49. The van der Waals surface area contributed by atoms with Crippen LogP contribution in [0.2, 0.25) is 0 Å². The SMILES string of the molecule is CN/N=C1\C(=O)NC(=O)C=C1C. The predicted molar refractivity (Wildman–Crippen MR) is 43.4 cm³/mol. The Kier molecular flexibility index (Phi) is 2.23. The first-order chi connectivity index (χ1) is 5.65. The number of carbonyl (C=O) groups excluding carboxylic acids is 2. The van der Waals surface area contributed by atoms with Gasteiger partial charge in [0.25, 0.3) is 11.8 Å². The van der Waals surface area contributed by atoms with Crippen LogP contribution in [0.1, 0.15) is 6.92 Å². The Morgan fingerprint density at radius 1 is 1.50 bits per heavy atom. The summed E-state index contributed by atoms with van der Waals surface area (Å²) >= 11 is 0. The zero-order valence-corrected chi connectivity index (χ0v) is 6.84. The second kappa shape index (κ2) is 3.17. The van der Waals surface area contributed by atoms with E-state index in [1.165, 1.54) is 6.08 Å². The van der Waals surface area contributed by atoms with Crippen molar-refractivity contribution < 1.29 is 9.59 Å². The summed E-state index contributed by atoms with van der Waals surface area (Å²) in [7, 11) is 1.59. The van der Waals surface area contributed by atoms with Crippen LogP contribution in [-0.2, 0) is 9.59 Å². The number of imide groups is 1. The molecule has 0 aromatic carbocycles. The Bertz CT molecular complexity index is 291. The summed E-state index contributed by atoms with van der Waals surface area (Å²) in [5, 5.41) is 5.83. The Balaban J connectivity index is 3.02. The van der Waals surface area contributed by atoms with Gasteiger partial charge >= 0.3 is 0 Å². The van der Waals surface area contributed by atoms with E-state index in [1.54, 1.807) is 14.0 Å². The Morgan fingerprint density at radius 2 is 2.17 bits per heavy atom. The fourth-order valence-electron chi connectivity index (χ4n) is 0.902. The second-order valence-electron chi connectivity index (χ2n) is 2.33. The molecule has 5 nitrogen and oxygen atoms in total. The van der Waals surface area contributed by atoms with Crippen molar-refractivity contribution in [1.29, 1.82) is 0 Å². The number of nitrogens with one attached hydrogen (secondary N) is 2. The third-order valence-electron chi connectivity index (χ3n) is 1.40.